The molecular weight excluding hydrogens is 317 g/mol. The lowest BCUT2D eigenvalue weighted by Crippen LogP contribution is -2.48. The molecule has 1 amide bonds. The van der Waals surface area contributed by atoms with Crippen LogP contribution in [0.4, 0.5) is 9.52 Å². The molecule has 3 rings (SSSR count). The van der Waals surface area contributed by atoms with Gasteiger partial charge in [0.25, 0.3) is 0 Å². The summed E-state index contributed by atoms with van der Waals surface area (Å²) in [5.41, 5.74) is 0.920. The van der Waals surface area contributed by atoms with E-state index < -0.39 is 0 Å². The molecule has 7 heteroatoms. The molecule has 0 radical (unpaired) electrons. The third-order valence-electron chi connectivity index (χ3n) is 3.93. The summed E-state index contributed by atoms with van der Waals surface area (Å²) in [6, 6.07) is 6.02. The van der Waals surface area contributed by atoms with E-state index >= 15 is 0 Å². The van der Waals surface area contributed by atoms with Crippen molar-refractivity contribution < 1.29 is 13.9 Å². The molecule has 2 atom stereocenters. The highest BCUT2D eigenvalue weighted by Gasteiger charge is 2.29. The van der Waals surface area contributed by atoms with E-state index in [9.17, 15) is 9.18 Å². The molecule has 1 N–H and O–H groups in total. The summed E-state index contributed by atoms with van der Waals surface area (Å²) in [5, 5.41) is 5.24. The summed E-state index contributed by atoms with van der Waals surface area (Å²) in [6.45, 7) is 3.69. The lowest BCUT2D eigenvalue weighted by molar-refractivity contribution is -0.124. The van der Waals surface area contributed by atoms with Gasteiger partial charge in [-0.3, -0.25) is 9.69 Å². The minimum atomic E-state index is -0.286. The molecule has 23 heavy (non-hydrogen) atoms. The van der Waals surface area contributed by atoms with Gasteiger partial charge in [0.15, 0.2) is 5.13 Å². The molecule has 1 aromatic carbocycles. The summed E-state index contributed by atoms with van der Waals surface area (Å²) in [4.78, 5) is 18.5. The number of morpholine rings is 1. The van der Waals surface area contributed by atoms with Gasteiger partial charge in [0.2, 0.25) is 5.91 Å². The Morgan fingerprint density at radius 3 is 2.96 bits per heavy atom. The number of rotatable bonds is 4. The third-order valence-corrected chi connectivity index (χ3v) is 4.62. The smallest absolute Gasteiger partial charge is 0.243 e. The molecule has 122 valence electrons. The molecule has 1 aliphatic heterocycles. The van der Waals surface area contributed by atoms with E-state index in [0.29, 0.717) is 24.8 Å². The zero-order chi connectivity index (χ0) is 16.2. The molecule has 1 saturated heterocycles. The Labute approximate surface area is 138 Å². The van der Waals surface area contributed by atoms with E-state index in [0.717, 1.165) is 5.56 Å². The topological polar surface area (TPSA) is 54.5 Å². The number of benzene rings is 1. The first kappa shape index (κ1) is 16.0. The van der Waals surface area contributed by atoms with E-state index in [1.807, 2.05) is 12.3 Å². The van der Waals surface area contributed by atoms with Gasteiger partial charge in [-0.05, 0) is 24.6 Å². The highest BCUT2D eigenvalue weighted by Crippen LogP contribution is 2.24. The summed E-state index contributed by atoms with van der Waals surface area (Å²) in [6.07, 6.45) is 1.50. The van der Waals surface area contributed by atoms with Crippen LogP contribution in [0.15, 0.2) is 35.8 Å². The fourth-order valence-electron chi connectivity index (χ4n) is 2.56. The number of hydrogen-bond donors (Lipinski definition) is 1. The Hall–Kier alpha value is -1.83. The lowest BCUT2D eigenvalue weighted by Gasteiger charge is -2.36. The summed E-state index contributed by atoms with van der Waals surface area (Å²) in [7, 11) is 0. The number of amides is 1. The van der Waals surface area contributed by atoms with Crippen LogP contribution in [0.2, 0.25) is 0 Å². The van der Waals surface area contributed by atoms with Gasteiger partial charge in [-0.15, -0.1) is 11.3 Å². The molecule has 1 fully saturated rings. The Morgan fingerprint density at radius 1 is 1.48 bits per heavy atom. The van der Waals surface area contributed by atoms with E-state index in [1.165, 1.54) is 23.5 Å². The minimum absolute atomic E-state index is 0.0836. The van der Waals surface area contributed by atoms with Crippen LogP contribution in [-0.2, 0) is 9.53 Å². The fourth-order valence-corrected chi connectivity index (χ4v) is 3.09. The highest BCUT2D eigenvalue weighted by molar-refractivity contribution is 7.13. The number of aromatic nitrogens is 1. The first-order valence-corrected chi connectivity index (χ1v) is 8.33. The number of nitrogens with one attached hydrogen (secondary N) is 1. The third kappa shape index (κ3) is 3.93. The Bertz CT molecular complexity index is 648. The fraction of sp³-hybridized carbons (Fsp3) is 0.375. The first-order valence-electron chi connectivity index (χ1n) is 7.45. The van der Waals surface area contributed by atoms with E-state index in [4.69, 9.17) is 4.74 Å². The minimum Gasteiger partial charge on any atom is -0.371 e. The predicted octanol–water partition coefficient (Wildman–Crippen LogP) is 2.68. The lowest BCUT2D eigenvalue weighted by atomic mass is 10.1. The SMILES string of the molecule is CC(C(=O)Nc1nccs1)N1CCOC(c2ccc(F)cc2)C1. The zero-order valence-corrected chi connectivity index (χ0v) is 13.6. The standard InChI is InChI=1S/C16H18FN3O2S/c1-11(15(21)19-16-18-6-9-23-16)20-7-8-22-14(10-20)12-2-4-13(17)5-3-12/h2-6,9,11,14H,7-8,10H2,1H3,(H,18,19,21). The second-order valence-corrected chi connectivity index (χ2v) is 6.30. The van der Waals surface area contributed by atoms with E-state index in [2.05, 4.69) is 15.2 Å². The normalized spacial score (nSPS) is 20.2. The Balaban J connectivity index is 1.63. The van der Waals surface area contributed by atoms with Gasteiger partial charge in [0.05, 0.1) is 18.8 Å². The van der Waals surface area contributed by atoms with Gasteiger partial charge in [0, 0.05) is 24.7 Å². The number of halogens is 1. The van der Waals surface area contributed by atoms with Crippen LogP contribution < -0.4 is 5.32 Å². The number of ether oxygens (including phenoxy) is 1. The van der Waals surface area contributed by atoms with Crippen LogP contribution in [0.3, 0.4) is 0 Å². The molecule has 0 saturated carbocycles. The molecule has 1 aromatic heterocycles. The first-order chi connectivity index (χ1) is 11.1. The highest BCUT2D eigenvalue weighted by atomic mass is 32.1. The maximum Gasteiger partial charge on any atom is 0.243 e. The van der Waals surface area contributed by atoms with Gasteiger partial charge < -0.3 is 10.1 Å². The van der Waals surface area contributed by atoms with Crippen molar-refractivity contribution in [3.63, 3.8) is 0 Å². The number of hydrogen-bond acceptors (Lipinski definition) is 5. The van der Waals surface area contributed by atoms with Crippen molar-refractivity contribution in [2.45, 2.75) is 19.1 Å². The quantitative estimate of drug-likeness (QED) is 0.933. The Morgan fingerprint density at radius 2 is 2.26 bits per heavy atom. The average molecular weight is 335 g/mol. The second-order valence-electron chi connectivity index (χ2n) is 5.41. The zero-order valence-electron chi connectivity index (χ0n) is 12.7. The number of thiazole rings is 1. The van der Waals surface area contributed by atoms with Gasteiger partial charge in [0.1, 0.15) is 5.82 Å². The summed E-state index contributed by atoms with van der Waals surface area (Å²) >= 11 is 1.39. The van der Waals surface area contributed by atoms with Gasteiger partial charge in [-0.1, -0.05) is 12.1 Å². The van der Waals surface area contributed by atoms with Crippen molar-refractivity contribution in [2.24, 2.45) is 0 Å². The summed E-state index contributed by atoms with van der Waals surface area (Å²) in [5.74, 6) is -0.350. The molecule has 2 heterocycles. The molecule has 2 unspecified atom stereocenters. The number of carbonyl (C=O) groups is 1. The molecule has 0 aliphatic carbocycles. The van der Waals surface area contributed by atoms with Gasteiger partial charge in [-0.25, -0.2) is 9.37 Å². The number of carbonyl (C=O) groups excluding carboxylic acids is 1. The van der Waals surface area contributed by atoms with Crippen LogP contribution in [0, 0.1) is 5.82 Å². The van der Waals surface area contributed by atoms with Crippen LogP contribution in [-0.4, -0.2) is 41.5 Å². The summed E-state index contributed by atoms with van der Waals surface area (Å²) < 4.78 is 18.8. The molecule has 0 spiro atoms. The van der Waals surface area contributed by atoms with Crippen molar-refractivity contribution in [1.29, 1.82) is 0 Å². The van der Waals surface area contributed by atoms with Crippen LogP contribution in [0.1, 0.15) is 18.6 Å². The number of nitrogens with zero attached hydrogens (tertiary/aromatic N) is 2. The molecule has 5 nitrogen and oxygen atoms in total. The van der Waals surface area contributed by atoms with Crippen molar-refractivity contribution in [2.75, 3.05) is 25.0 Å². The molecule has 1 aliphatic rings. The van der Waals surface area contributed by atoms with Crippen molar-refractivity contribution in [3.8, 4) is 0 Å². The Kier molecular flexibility index (Phi) is 5.00. The molecule has 0 bridgehead atoms. The second kappa shape index (κ2) is 7.16. The predicted molar refractivity (Wildman–Crippen MR) is 86.9 cm³/mol. The van der Waals surface area contributed by atoms with Crippen LogP contribution in [0.25, 0.3) is 0 Å². The maximum absolute atomic E-state index is 13.0. The van der Waals surface area contributed by atoms with Crippen LogP contribution in [0.5, 0.6) is 0 Å². The maximum atomic E-state index is 13.0. The van der Waals surface area contributed by atoms with E-state index in [-0.39, 0.29) is 23.9 Å². The van der Waals surface area contributed by atoms with E-state index in [1.54, 1.807) is 18.3 Å². The average Bonchev–Trinajstić information content (AvgIpc) is 3.08. The van der Waals surface area contributed by atoms with Gasteiger partial charge in [-0.2, -0.15) is 0 Å². The van der Waals surface area contributed by atoms with Crippen LogP contribution >= 0.6 is 11.3 Å². The van der Waals surface area contributed by atoms with Crippen molar-refractivity contribution >= 4 is 22.4 Å². The van der Waals surface area contributed by atoms with Gasteiger partial charge >= 0.3 is 0 Å². The largest absolute Gasteiger partial charge is 0.371 e. The number of anilines is 1. The molecule has 2 aromatic rings. The monoisotopic (exact) mass is 335 g/mol. The van der Waals surface area contributed by atoms with Crippen molar-refractivity contribution in [1.82, 2.24) is 9.88 Å². The van der Waals surface area contributed by atoms with Crippen molar-refractivity contribution in [3.05, 3.63) is 47.2 Å². The molecular formula is C16H18FN3O2S.